The van der Waals surface area contributed by atoms with Crippen LogP contribution in [0.15, 0.2) is 40.5 Å². The molecule has 1 saturated heterocycles. The molecule has 0 radical (unpaired) electrons. The van der Waals surface area contributed by atoms with Crippen LogP contribution in [0.2, 0.25) is 0 Å². The predicted octanol–water partition coefficient (Wildman–Crippen LogP) is 2.25. The maximum absolute atomic E-state index is 11.7. The zero-order valence-electron chi connectivity index (χ0n) is 14.6. The van der Waals surface area contributed by atoms with Gasteiger partial charge in [0.25, 0.3) is 0 Å². The summed E-state index contributed by atoms with van der Waals surface area (Å²) in [5, 5.41) is 20.8. The highest BCUT2D eigenvalue weighted by molar-refractivity contribution is 8.15. The van der Waals surface area contributed by atoms with E-state index in [2.05, 4.69) is 15.5 Å². The molecular weight excluding hydrogens is 370 g/mol. The van der Waals surface area contributed by atoms with Crippen molar-refractivity contribution in [1.29, 1.82) is 0 Å². The quantitative estimate of drug-likeness (QED) is 0.581. The van der Waals surface area contributed by atoms with Crippen LogP contribution in [0.1, 0.15) is 12.0 Å². The molecule has 3 rings (SSSR count). The van der Waals surface area contributed by atoms with Gasteiger partial charge < -0.3 is 19.9 Å². The number of hydrogen-bond acceptors (Lipinski definition) is 7. The molecule has 1 aliphatic rings. The molecule has 1 atom stereocenters. The third-order valence-electron chi connectivity index (χ3n) is 3.92. The first-order chi connectivity index (χ1) is 13.0. The number of carboxylic acids is 1. The van der Waals surface area contributed by atoms with Gasteiger partial charge in [0.2, 0.25) is 5.91 Å². The average Bonchev–Trinajstić information content (AvgIpc) is 3.00. The third kappa shape index (κ3) is 4.20. The first kappa shape index (κ1) is 18.7. The van der Waals surface area contributed by atoms with Crippen LogP contribution in [0.5, 0.6) is 11.5 Å². The summed E-state index contributed by atoms with van der Waals surface area (Å²) in [6.07, 6.45) is 1.26. The van der Waals surface area contributed by atoms with E-state index in [1.165, 1.54) is 6.21 Å². The monoisotopic (exact) mass is 387 g/mol. The van der Waals surface area contributed by atoms with Gasteiger partial charge in [0.05, 0.1) is 26.9 Å². The van der Waals surface area contributed by atoms with Crippen LogP contribution in [-0.4, -0.2) is 47.8 Å². The molecule has 9 heteroatoms. The summed E-state index contributed by atoms with van der Waals surface area (Å²) < 4.78 is 10.7. The van der Waals surface area contributed by atoms with Gasteiger partial charge in [-0.1, -0.05) is 23.9 Å². The summed E-state index contributed by atoms with van der Waals surface area (Å²) in [6, 6.07) is 9.43. The van der Waals surface area contributed by atoms with E-state index < -0.39 is 11.2 Å². The van der Waals surface area contributed by atoms with Crippen molar-refractivity contribution in [2.45, 2.75) is 11.7 Å². The first-order valence-corrected chi connectivity index (χ1v) is 8.85. The summed E-state index contributed by atoms with van der Waals surface area (Å²) in [4.78, 5) is 22.5. The molecule has 0 saturated carbocycles. The number of thioether (sulfide) groups is 1. The molecule has 1 aliphatic heterocycles. The van der Waals surface area contributed by atoms with Crippen LogP contribution in [-0.2, 0) is 9.59 Å². The molecule has 27 heavy (non-hydrogen) atoms. The highest BCUT2D eigenvalue weighted by atomic mass is 32.2. The van der Waals surface area contributed by atoms with Crippen molar-refractivity contribution in [3.05, 3.63) is 35.9 Å². The molecule has 1 unspecified atom stereocenters. The standard InChI is InChI=1S/C18H17N3O5S/c1-25-11-5-3-10-4-6-14(26-2)13(12(10)7-11)9-19-21-18-20-17(24)15(27-18)8-16(22)23/h3-7,9,15H,8H2,1-2H3,(H,22,23)(H,20,21,24). The zero-order valence-corrected chi connectivity index (χ0v) is 15.4. The molecule has 0 aromatic heterocycles. The number of nitrogens with zero attached hydrogens (tertiary/aromatic N) is 2. The molecule has 0 aliphatic carbocycles. The van der Waals surface area contributed by atoms with Crippen LogP contribution >= 0.6 is 11.8 Å². The van der Waals surface area contributed by atoms with Gasteiger partial charge in [0.1, 0.15) is 16.7 Å². The van der Waals surface area contributed by atoms with Crippen molar-refractivity contribution in [1.82, 2.24) is 5.32 Å². The van der Waals surface area contributed by atoms with E-state index in [9.17, 15) is 9.59 Å². The van der Waals surface area contributed by atoms with Gasteiger partial charge in [-0.25, -0.2) is 0 Å². The Morgan fingerprint density at radius 1 is 1.30 bits per heavy atom. The predicted molar refractivity (Wildman–Crippen MR) is 104 cm³/mol. The Morgan fingerprint density at radius 2 is 2.07 bits per heavy atom. The van der Waals surface area contributed by atoms with E-state index >= 15 is 0 Å². The van der Waals surface area contributed by atoms with Gasteiger partial charge in [-0.15, -0.1) is 5.10 Å². The molecule has 0 spiro atoms. The molecule has 2 N–H and O–H groups in total. The summed E-state index contributed by atoms with van der Waals surface area (Å²) in [5.41, 5.74) is 0.717. The smallest absolute Gasteiger partial charge is 0.305 e. The Bertz CT molecular complexity index is 952. The number of benzene rings is 2. The Labute approximate surface area is 159 Å². The molecular formula is C18H17N3O5S. The fourth-order valence-corrected chi connectivity index (χ4v) is 3.54. The Balaban J connectivity index is 1.89. The molecule has 0 bridgehead atoms. The Morgan fingerprint density at radius 3 is 2.78 bits per heavy atom. The lowest BCUT2D eigenvalue weighted by atomic mass is 10.0. The number of fused-ring (bicyclic) bond motifs is 1. The van der Waals surface area contributed by atoms with Crippen LogP contribution in [0.3, 0.4) is 0 Å². The number of amidine groups is 1. The molecule has 1 heterocycles. The van der Waals surface area contributed by atoms with Gasteiger partial charge in [0.15, 0.2) is 5.17 Å². The van der Waals surface area contributed by atoms with E-state index in [1.807, 2.05) is 30.3 Å². The molecule has 2 aromatic carbocycles. The largest absolute Gasteiger partial charge is 0.497 e. The van der Waals surface area contributed by atoms with Crippen molar-refractivity contribution in [3.63, 3.8) is 0 Å². The second-order valence-electron chi connectivity index (χ2n) is 5.61. The number of hydrogen-bond donors (Lipinski definition) is 2. The lowest BCUT2D eigenvalue weighted by Crippen LogP contribution is -2.26. The number of rotatable bonds is 6. The second kappa shape index (κ2) is 8.09. The van der Waals surface area contributed by atoms with E-state index in [-0.39, 0.29) is 17.5 Å². The molecule has 1 amide bonds. The maximum Gasteiger partial charge on any atom is 0.305 e. The van der Waals surface area contributed by atoms with Crippen molar-refractivity contribution in [2.24, 2.45) is 10.2 Å². The van der Waals surface area contributed by atoms with E-state index in [4.69, 9.17) is 14.6 Å². The Hall–Kier alpha value is -3.07. The fraction of sp³-hybridized carbons (Fsp3) is 0.222. The number of ether oxygens (including phenoxy) is 2. The SMILES string of the molecule is COc1ccc2ccc(OC)c(C=NN=C3NC(=O)C(CC(=O)O)S3)c2c1. The minimum atomic E-state index is -1.04. The summed E-state index contributed by atoms with van der Waals surface area (Å²) in [5.74, 6) is -0.107. The van der Waals surface area contributed by atoms with E-state index in [0.717, 1.165) is 28.1 Å². The van der Waals surface area contributed by atoms with Gasteiger partial charge in [0, 0.05) is 5.56 Å². The highest BCUT2D eigenvalue weighted by Gasteiger charge is 2.32. The maximum atomic E-state index is 11.7. The normalized spacial score (nSPS) is 18.2. The summed E-state index contributed by atoms with van der Waals surface area (Å²) in [6.45, 7) is 0. The number of carboxylic acid groups (broad SMARTS) is 1. The van der Waals surface area contributed by atoms with Gasteiger partial charge in [-0.2, -0.15) is 5.10 Å². The van der Waals surface area contributed by atoms with Crippen LogP contribution < -0.4 is 14.8 Å². The number of carbonyl (C=O) groups is 2. The van der Waals surface area contributed by atoms with Crippen molar-refractivity contribution in [3.8, 4) is 11.5 Å². The van der Waals surface area contributed by atoms with Crippen molar-refractivity contribution >= 4 is 45.8 Å². The van der Waals surface area contributed by atoms with Crippen molar-refractivity contribution in [2.75, 3.05) is 14.2 Å². The minimum absolute atomic E-state index is 0.263. The fourth-order valence-electron chi connectivity index (χ4n) is 2.62. The van der Waals surface area contributed by atoms with Crippen LogP contribution in [0.25, 0.3) is 10.8 Å². The number of aliphatic carboxylic acids is 1. The van der Waals surface area contributed by atoms with E-state index in [0.29, 0.717) is 11.5 Å². The van der Waals surface area contributed by atoms with Crippen LogP contribution in [0, 0.1) is 0 Å². The lowest BCUT2D eigenvalue weighted by molar-refractivity contribution is -0.138. The molecule has 1 fully saturated rings. The summed E-state index contributed by atoms with van der Waals surface area (Å²) >= 11 is 1.05. The highest BCUT2D eigenvalue weighted by Crippen LogP contribution is 2.29. The average molecular weight is 387 g/mol. The third-order valence-corrected chi connectivity index (χ3v) is 4.99. The second-order valence-corrected chi connectivity index (χ2v) is 6.80. The first-order valence-electron chi connectivity index (χ1n) is 7.97. The molecule has 2 aromatic rings. The van der Waals surface area contributed by atoms with Crippen molar-refractivity contribution < 1.29 is 24.2 Å². The van der Waals surface area contributed by atoms with E-state index in [1.54, 1.807) is 14.2 Å². The number of carbonyl (C=O) groups excluding carboxylic acids is 1. The molecule has 140 valence electrons. The number of nitrogens with one attached hydrogen (secondary N) is 1. The number of methoxy groups -OCH3 is 2. The van der Waals surface area contributed by atoms with Gasteiger partial charge in [-0.3, -0.25) is 9.59 Å². The minimum Gasteiger partial charge on any atom is -0.497 e. The summed E-state index contributed by atoms with van der Waals surface area (Å²) in [7, 11) is 3.16. The lowest BCUT2D eigenvalue weighted by Gasteiger charge is -2.09. The van der Waals surface area contributed by atoms with Gasteiger partial charge >= 0.3 is 5.97 Å². The zero-order chi connectivity index (χ0) is 19.4. The number of amides is 1. The van der Waals surface area contributed by atoms with Crippen LogP contribution in [0.4, 0.5) is 0 Å². The molecule has 8 nitrogen and oxygen atoms in total. The topological polar surface area (TPSA) is 110 Å². The Kier molecular flexibility index (Phi) is 5.60. The van der Waals surface area contributed by atoms with Gasteiger partial charge in [-0.05, 0) is 29.0 Å².